The number of hydrogen-bond donors (Lipinski definition) is 2. The zero-order chi connectivity index (χ0) is 18.8. The fourth-order valence-corrected chi connectivity index (χ4v) is 3.49. The first kappa shape index (κ1) is 18.5. The zero-order valence-electron chi connectivity index (χ0n) is 16.0. The molecule has 1 amide bonds. The molecule has 1 saturated heterocycles. The monoisotopic (exact) mass is 359 g/mol. The number of amides is 1. The molecule has 0 saturated carbocycles. The van der Waals surface area contributed by atoms with E-state index in [1.165, 1.54) is 4.90 Å². The van der Waals surface area contributed by atoms with Crippen LogP contribution >= 0.6 is 0 Å². The SMILES string of the molecule is Cc1cc(C)nc(-n2nc(C)cc2NC(=O)C[NH+]2C[C@@H](C)O[C@@H](C)C2)n1. The molecule has 26 heavy (non-hydrogen) atoms. The average molecular weight is 359 g/mol. The van der Waals surface area contributed by atoms with Crippen LogP contribution in [0.2, 0.25) is 0 Å². The lowest BCUT2D eigenvalue weighted by atomic mass is 10.2. The lowest BCUT2D eigenvalue weighted by Gasteiger charge is -2.31. The van der Waals surface area contributed by atoms with Gasteiger partial charge in [0.2, 0.25) is 0 Å². The first-order valence-corrected chi connectivity index (χ1v) is 8.98. The average Bonchev–Trinajstić information content (AvgIpc) is 2.85. The van der Waals surface area contributed by atoms with Crippen molar-refractivity contribution in [3.05, 3.63) is 29.2 Å². The van der Waals surface area contributed by atoms with Crippen molar-refractivity contribution in [1.29, 1.82) is 0 Å². The maximum atomic E-state index is 12.6. The number of carbonyl (C=O) groups is 1. The van der Waals surface area contributed by atoms with Crippen LogP contribution in [0.4, 0.5) is 5.82 Å². The van der Waals surface area contributed by atoms with Crippen molar-refractivity contribution in [2.45, 2.75) is 46.8 Å². The Morgan fingerprint density at radius 1 is 1.15 bits per heavy atom. The van der Waals surface area contributed by atoms with Crippen molar-refractivity contribution < 1.29 is 14.4 Å². The summed E-state index contributed by atoms with van der Waals surface area (Å²) in [6.07, 6.45) is 0.330. The molecule has 2 aromatic heterocycles. The van der Waals surface area contributed by atoms with E-state index >= 15 is 0 Å². The van der Waals surface area contributed by atoms with Crippen LogP contribution in [0.3, 0.4) is 0 Å². The van der Waals surface area contributed by atoms with Gasteiger partial charge in [0.1, 0.15) is 31.1 Å². The highest BCUT2D eigenvalue weighted by Crippen LogP contribution is 2.15. The predicted molar refractivity (Wildman–Crippen MR) is 97.6 cm³/mol. The van der Waals surface area contributed by atoms with Crippen LogP contribution < -0.4 is 10.2 Å². The van der Waals surface area contributed by atoms with Crippen LogP contribution in [0.1, 0.15) is 30.9 Å². The molecule has 1 aliphatic rings. The van der Waals surface area contributed by atoms with Gasteiger partial charge in [0.25, 0.3) is 11.9 Å². The minimum Gasteiger partial charge on any atom is -0.364 e. The summed E-state index contributed by atoms with van der Waals surface area (Å²) < 4.78 is 7.33. The summed E-state index contributed by atoms with van der Waals surface area (Å²) in [6.45, 7) is 11.9. The van der Waals surface area contributed by atoms with E-state index in [4.69, 9.17) is 4.74 Å². The Hall–Kier alpha value is -2.32. The van der Waals surface area contributed by atoms with Crippen molar-refractivity contribution in [2.75, 3.05) is 25.0 Å². The van der Waals surface area contributed by atoms with Crippen LogP contribution in [-0.4, -0.2) is 57.5 Å². The summed E-state index contributed by atoms with van der Waals surface area (Å²) in [5.74, 6) is 1.00. The van der Waals surface area contributed by atoms with E-state index in [0.29, 0.717) is 18.3 Å². The molecule has 0 aromatic carbocycles. The number of nitrogens with zero attached hydrogens (tertiary/aromatic N) is 4. The molecule has 3 rings (SSSR count). The van der Waals surface area contributed by atoms with E-state index in [1.807, 2.05) is 46.8 Å². The highest BCUT2D eigenvalue weighted by Gasteiger charge is 2.27. The third kappa shape index (κ3) is 4.44. The highest BCUT2D eigenvalue weighted by atomic mass is 16.5. The number of carbonyl (C=O) groups excluding carboxylic acids is 1. The molecular formula is C18H27N6O2+. The minimum absolute atomic E-state index is 0.0492. The van der Waals surface area contributed by atoms with Gasteiger partial charge in [-0.1, -0.05) is 0 Å². The Kier molecular flexibility index (Phi) is 5.33. The van der Waals surface area contributed by atoms with Crippen molar-refractivity contribution in [3.8, 4) is 5.95 Å². The van der Waals surface area contributed by atoms with Gasteiger partial charge in [0.15, 0.2) is 6.54 Å². The van der Waals surface area contributed by atoms with E-state index in [0.717, 1.165) is 30.2 Å². The van der Waals surface area contributed by atoms with Gasteiger partial charge in [-0.3, -0.25) is 4.79 Å². The Balaban J connectivity index is 1.75. The fourth-order valence-electron chi connectivity index (χ4n) is 3.49. The Bertz CT molecular complexity index is 773. The van der Waals surface area contributed by atoms with E-state index in [9.17, 15) is 4.79 Å². The summed E-state index contributed by atoms with van der Waals surface area (Å²) in [5.41, 5.74) is 2.52. The van der Waals surface area contributed by atoms with Gasteiger partial charge in [-0.05, 0) is 40.7 Å². The molecule has 0 radical (unpaired) electrons. The smallest absolute Gasteiger partial charge is 0.280 e. The fraction of sp³-hybridized carbons (Fsp3) is 0.556. The van der Waals surface area contributed by atoms with Gasteiger partial charge in [-0.25, -0.2) is 9.97 Å². The third-order valence-electron chi connectivity index (χ3n) is 4.29. The number of nitrogens with one attached hydrogen (secondary N) is 2. The normalized spacial score (nSPS) is 23.0. The summed E-state index contributed by atoms with van der Waals surface area (Å²) in [6, 6.07) is 3.74. The Morgan fingerprint density at radius 2 is 1.77 bits per heavy atom. The van der Waals surface area contributed by atoms with Gasteiger partial charge in [-0.2, -0.15) is 9.78 Å². The highest BCUT2D eigenvalue weighted by molar-refractivity contribution is 5.90. The molecule has 3 heterocycles. The standard InChI is InChI=1S/C18H26N6O2/c1-11-6-12(2)20-18(19-11)24-16(7-13(3)22-24)21-17(25)10-23-8-14(4)26-15(5)9-23/h6-7,14-15H,8-10H2,1-5H3,(H,21,25)/p+1/t14-,15+. The molecule has 2 N–H and O–H groups in total. The quantitative estimate of drug-likeness (QED) is 0.816. The van der Waals surface area contributed by atoms with Crippen LogP contribution in [0.15, 0.2) is 12.1 Å². The second kappa shape index (κ2) is 7.51. The number of rotatable bonds is 4. The van der Waals surface area contributed by atoms with E-state index < -0.39 is 0 Å². The Labute approximate surface area is 153 Å². The largest absolute Gasteiger partial charge is 0.364 e. The first-order chi connectivity index (χ1) is 12.3. The number of morpholine rings is 1. The first-order valence-electron chi connectivity index (χ1n) is 8.98. The molecule has 0 bridgehead atoms. The molecule has 1 fully saturated rings. The van der Waals surface area contributed by atoms with Gasteiger partial charge >= 0.3 is 0 Å². The number of hydrogen-bond acceptors (Lipinski definition) is 5. The second-order valence-corrected chi connectivity index (χ2v) is 7.17. The third-order valence-corrected chi connectivity index (χ3v) is 4.29. The zero-order valence-corrected chi connectivity index (χ0v) is 16.0. The maximum absolute atomic E-state index is 12.6. The van der Waals surface area contributed by atoms with Crippen LogP contribution in [0.25, 0.3) is 5.95 Å². The van der Waals surface area contributed by atoms with Crippen LogP contribution in [0, 0.1) is 20.8 Å². The molecule has 2 aromatic rings. The molecule has 1 aliphatic heterocycles. The summed E-state index contributed by atoms with van der Waals surface area (Å²) >= 11 is 0. The van der Waals surface area contributed by atoms with E-state index in [-0.39, 0.29) is 18.1 Å². The molecule has 0 aliphatic carbocycles. The molecule has 3 atom stereocenters. The molecule has 140 valence electrons. The number of anilines is 1. The number of aryl methyl sites for hydroxylation is 3. The van der Waals surface area contributed by atoms with Gasteiger partial charge in [0, 0.05) is 17.5 Å². The summed E-state index contributed by atoms with van der Waals surface area (Å²) in [5, 5.41) is 7.40. The van der Waals surface area contributed by atoms with Crippen molar-refractivity contribution in [2.24, 2.45) is 0 Å². The summed E-state index contributed by atoms with van der Waals surface area (Å²) in [4.78, 5) is 22.7. The molecular weight excluding hydrogens is 332 g/mol. The lowest BCUT2D eigenvalue weighted by Crippen LogP contribution is -3.16. The maximum Gasteiger partial charge on any atom is 0.280 e. The minimum atomic E-state index is -0.0492. The molecule has 8 heteroatoms. The van der Waals surface area contributed by atoms with E-state index in [2.05, 4.69) is 20.4 Å². The van der Waals surface area contributed by atoms with Gasteiger partial charge < -0.3 is 15.0 Å². The van der Waals surface area contributed by atoms with Crippen molar-refractivity contribution in [3.63, 3.8) is 0 Å². The lowest BCUT2D eigenvalue weighted by molar-refractivity contribution is -0.907. The van der Waals surface area contributed by atoms with Gasteiger partial charge in [-0.15, -0.1) is 0 Å². The van der Waals surface area contributed by atoms with E-state index in [1.54, 1.807) is 4.68 Å². The predicted octanol–water partition coefficient (Wildman–Crippen LogP) is 0.218. The molecule has 1 unspecified atom stereocenters. The Morgan fingerprint density at radius 3 is 2.38 bits per heavy atom. The number of ether oxygens (including phenoxy) is 1. The van der Waals surface area contributed by atoms with Crippen molar-refractivity contribution in [1.82, 2.24) is 19.7 Å². The van der Waals surface area contributed by atoms with Crippen molar-refractivity contribution >= 4 is 11.7 Å². The number of quaternary nitrogens is 1. The van der Waals surface area contributed by atoms with Crippen LogP contribution in [0.5, 0.6) is 0 Å². The molecule has 0 spiro atoms. The summed E-state index contributed by atoms with van der Waals surface area (Å²) in [7, 11) is 0. The number of aromatic nitrogens is 4. The van der Waals surface area contributed by atoms with Gasteiger partial charge in [0.05, 0.1) is 5.69 Å². The van der Waals surface area contributed by atoms with Crippen LogP contribution in [-0.2, 0) is 9.53 Å². The molecule has 8 nitrogen and oxygen atoms in total. The topological polar surface area (TPSA) is 86.4 Å². The second-order valence-electron chi connectivity index (χ2n) is 7.17.